The summed E-state index contributed by atoms with van der Waals surface area (Å²) in [6, 6.07) is 0. The molecule has 0 saturated heterocycles. The maximum absolute atomic E-state index is 10.9. The first-order chi connectivity index (χ1) is 4.93. The van der Waals surface area contributed by atoms with Gasteiger partial charge in [-0.05, 0) is 23.2 Å². The summed E-state index contributed by atoms with van der Waals surface area (Å²) in [5.74, 6) is 0. The Morgan fingerprint density at radius 3 is 2.45 bits per heavy atom. The van der Waals surface area contributed by atoms with E-state index >= 15 is 0 Å². The van der Waals surface area contributed by atoms with Crippen LogP contribution in [0.15, 0.2) is 9.39 Å². The van der Waals surface area contributed by atoms with Gasteiger partial charge in [0.05, 0.1) is 0 Å². The van der Waals surface area contributed by atoms with Crippen LogP contribution in [0.2, 0.25) is 0 Å². The Hall–Kier alpha value is -0.330. The second-order valence-corrected chi connectivity index (χ2v) is 3.99. The first kappa shape index (κ1) is 8.76. The Balaban J connectivity index is 3.22. The molecule has 0 saturated carbocycles. The average Bonchev–Trinajstić information content (AvgIpc) is 1.81. The normalized spacial score (nSPS) is 22.6. The van der Waals surface area contributed by atoms with Gasteiger partial charge in [0.25, 0.3) is 0 Å². The van der Waals surface area contributed by atoms with Gasteiger partial charge < -0.3 is 0 Å². The van der Waals surface area contributed by atoms with Crippen molar-refractivity contribution in [3.63, 3.8) is 0 Å². The fourth-order valence-corrected chi connectivity index (χ4v) is 1.73. The van der Waals surface area contributed by atoms with E-state index in [0.717, 1.165) is 4.31 Å². The fourth-order valence-electron chi connectivity index (χ4n) is 0.419. The van der Waals surface area contributed by atoms with Crippen LogP contribution in [0, 0.1) is 0 Å². The lowest BCUT2D eigenvalue weighted by atomic mass is 11.1. The summed E-state index contributed by atoms with van der Waals surface area (Å²) in [5.41, 5.74) is 0. The standard InChI is InChI=1S/C3H3Cl2N3O2S/c1-8-3(5)6-2(4)7-11(8,9)10/h1H3. The molecular weight excluding hydrogens is 213 g/mol. The minimum atomic E-state index is -3.73. The lowest BCUT2D eigenvalue weighted by molar-refractivity contribution is 0.555. The van der Waals surface area contributed by atoms with E-state index in [0.29, 0.717) is 0 Å². The molecule has 0 radical (unpaired) electrons. The van der Waals surface area contributed by atoms with Gasteiger partial charge in [-0.2, -0.15) is 13.4 Å². The zero-order valence-corrected chi connectivity index (χ0v) is 7.65. The Morgan fingerprint density at radius 2 is 2.00 bits per heavy atom. The van der Waals surface area contributed by atoms with E-state index in [4.69, 9.17) is 23.2 Å². The summed E-state index contributed by atoms with van der Waals surface area (Å²) in [7, 11) is -2.50. The van der Waals surface area contributed by atoms with E-state index in [2.05, 4.69) is 9.39 Å². The third kappa shape index (κ3) is 1.63. The van der Waals surface area contributed by atoms with Crippen LogP contribution in [-0.2, 0) is 10.2 Å². The molecule has 0 amide bonds. The molecule has 5 nitrogen and oxygen atoms in total. The molecule has 0 fully saturated rings. The molecule has 62 valence electrons. The maximum Gasteiger partial charge on any atom is 0.349 e. The van der Waals surface area contributed by atoms with Crippen LogP contribution in [0.4, 0.5) is 0 Å². The molecule has 0 aliphatic carbocycles. The van der Waals surface area contributed by atoms with Gasteiger partial charge in [-0.1, -0.05) is 0 Å². The van der Waals surface area contributed by atoms with Gasteiger partial charge in [-0.15, -0.1) is 4.40 Å². The monoisotopic (exact) mass is 215 g/mol. The Morgan fingerprint density at radius 1 is 1.45 bits per heavy atom. The first-order valence-corrected chi connectivity index (χ1v) is 4.57. The fraction of sp³-hybridized carbons (Fsp3) is 0.333. The minimum absolute atomic E-state index is 0.218. The lowest BCUT2D eigenvalue weighted by Crippen LogP contribution is -2.32. The van der Waals surface area contributed by atoms with Crippen LogP contribution < -0.4 is 0 Å². The van der Waals surface area contributed by atoms with Crippen molar-refractivity contribution in [1.82, 2.24) is 4.31 Å². The third-order valence-corrected chi connectivity index (χ3v) is 2.96. The predicted octanol–water partition coefficient (Wildman–Crippen LogP) is 0.366. The molecular formula is C3H3Cl2N3O2S. The quantitative estimate of drug-likeness (QED) is 0.549. The van der Waals surface area contributed by atoms with Gasteiger partial charge in [-0.25, -0.2) is 4.31 Å². The van der Waals surface area contributed by atoms with Crippen molar-refractivity contribution in [2.75, 3.05) is 7.05 Å². The largest absolute Gasteiger partial charge is 0.349 e. The van der Waals surface area contributed by atoms with E-state index in [9.17, 15) is 8.42 Å². The van der Waals surface area contributed by atoms with Gasteiger partial charge in [-0.3, -0.25) is 0 Å². The van der Waals surface area contributed by atoms with E-state index in [1.54, 1.807) is 0 Å². The topological polar surface area (TPSA) is 62.1 Å². The van der Waals surface area contributed by atoms with E-state index in [1.165, 1.54) is 7.05 Å². The van der Waals surface area contributed by atoms with Crippen molar-refractivity contribution in [1.29, 1.82) is 0 Å². The summed E-state index contributed by atoms with van der Waals surface area (Å²) in [4.78, 5) is 3.40. The SMILES string of the molecule is CN1C(Cl)=NC(Cl)=NS1(=O)=O. The number of amidine groups is 2. The summed E-state index contributed by atoms with van der Waals surface area (Å²) in [6.07, 6.45) is 0. The van der Waals surface area contributed by atoms with Crippen LogP contribution in [0.25, 0.3) is 0 Å². The minimum Gasteiger partial charge on any atom is -0.228 e. The van der Waals surface area contributed by atoms with E-state index in [1.807, 2.05) is 0 Å². The second kappa shape index (κ2) is 2.62. The van der Waals surface area contributed by atoms with Crippen LogP contribution >= 0.6 is 23.2 Å². The Bertz CT molecular complexity index is 332. The number of hydrogen-bond donors (Lipinski definition) is 0. The van der Waals surface area contributed by atoms with Gasteiger partial charge in [0.1, 0.15) is 0 Å². The van der Waals surface area contributed by atoms with Gasteiger partial charge in [0, 0.05) is 7.05 Å². The highest BCUT2D eigenvalue weighted by Gasteiger charge is 2.24. The highest BCUT2D eigenvalue weighted by Crippen LogP contribution is 2.12. The van der Waals surface area contributed by atoms with Crippen molar-refractivity contribution in [2.45, 2.75) is 0 Å². The first-order valence-electron chi connectivity index (χ1n) is 2.42. The molecule has 0 aromatic carbocycles. The van der Waals surface area contributed by atoms with E-state index < -0.39 is 10.2 Å². The molecule has 0 unspecified atom stereocenters. The molecule has 1 heterocycles. The summed E-state index contributed by atoms with van der Waals surface area (Å²) < 4.78 is 25.6. The number of aliphatic imine (C=N–C) groups is 1. The molecule has 11 heavy (non-hydrogen) atoms. The average molecular weight is 216 g/mol. The van der Waals surface area contributed by atoms with Gasteiger partial charge in [0.15, 0.2) is 0 Å². The van der Waals surface area contributed by atoms with Crippen molar-refractivity contribution < 1.29 is 8.42 Å². The predicted molar refractivity (Wildman–Crippen MR) is 43.3 cm³/mol. The van der Waals surface area contributed by atoms with Crippen molar-refractivity contribution in [3.05, 3.63) is 0 Å². The second-order valence-electron chi connectivity index (χ2n) is 1.69. The number of nitrogens with zero attached hydrogens (tertiary/aromatic N) is 3. The zero-order valence-electron chi connectivity index (χ0n) is 5.32. The molecule has 0 bridgehead atoms. The maximum atomic E-state index is 10.9. The van der Waals surface area contributed by atoms with Crippen molar-refractivity contribution in [3.8, 4) is 0 Å². The highest BCUT2D eigenvalue weighted by molar-refractivity contribution is 7.88. The summed E-state index contributed by atoms with van der Waals surface area (Å²) in [5, 5.41) is -0.599. The zero-order chi connectivity index (χ0) is 8.65. The third-order valence-electron chi connectivity index (χ3n) is 0.981. The number of hydrogen-bond acceptors (Lipinski definition) is 3. The molecule has 1 rings (SSSR count). The van der Waals surface area contributed by atoms with Crippen LogP contribution in [0.1, 0.15) is 0 Å². The van der Waals surface area contributed by atoms with Crippen LogP contribution in [0.3, 0.4) is 0 Å². The van der Waals surface area contributed by atoms with Crippen molar-refractivity contribution in [2.24, 2.45) is 9.39 Å². The Labute approximate surface area is 73.5 Å². The summed E-state index contributed by atoms with van der Waals surface area (Å²) in [6.45, 7) is 0. The molecule has 0 aromatic rings. The number of halogens is 2. The van der Waals surface area contributed by atoms with Crippen LogP contribution in [0.5, 0.6) is 0 Å². The molecule has 1 aliphatic rings. The molecule has 0 aromatic heterocycles. The summed E-state index contributed by atoms with van der Waals surface area (Å²) >= 11 is 10.6. The molecule has 0 spiro atoms. The highest BCUT2D eigenvalue weighted by atomic mass is 35.5. The molecule has 0 N–H and O–H groups in total. The van der Waals surface area contributed by atoms with Gasteiger partial charge in [0.2, 0.25) is 10.6 Å². The van der Waals surface area contributed by atoms with E-state index in [-0.39, 0.29) is 10.6 Å². The lowest BCUT2D eigenvalue weighted by Gasteiger charge is -2.15. The number of rotatable bonds is 0. The molecule has 1 aliphatic heterocycles. The molecule has 0 atom stereocenters. The Kier molecular flexibility index (Phi) is 2.08. The van der Waals surface area contributed by atoms with Gasteiger partial charge >= 0.3 is 10.2 Å². The van der Waals surface area contributed by atoms with Crippen LogP contribution in [-0.4, -0.2) is 30.4 Å². The smallest absolute Gasteiger partial charge is 0.228 e. The molecule has 8 heteroatoms. The van der Waals surface area contributed by atoms with Crippen molar-refractivity contribution >= 4 is 44.0 Å².